The van der Waals surface area contributed by atoms with Crippen LogP contribution in [0.4, 0.5) is 5.13 Å². The molecule has 6 nitrogen and oxygen atoms in total. The van der Waals surface area contributed by atoms with E-state index in [1.165, 1.54) is 5.56 Å². The topological polar surface area (TPSA) is 60.2 Å². The maximum atomic E-state index is 13.2. The number of carbonyl (C=O) groups excluding carboxylic acids is 1. The molecule has 2 aromatic heterocycles. The quantitative estimate of drug-likeness (QED) is 0.333. The van der Waals surface area contributed by atoms with Crippen molar-refractivity contribution in [2.24, 2.45) is 0 Å². The third-order valence-corrected chi connectivity index (χ3v) is 6.16. The molecule has 1 amide bonds. The molecule has 0 atom stereocenters. The van der Waals surface area contributed by atoms with Gasteiger partial charge < -0.3 is 9.30 Å². The van der Waals surface area contributed by atoms with E-state index in [2.05, 4.69) is 30.1 Å². The molecular formula is C24H27ClN4O2S. The largest absolute Gasteiger partial charge is 0.484 e. The van der Waals surface area contributed by atoms with Crippen LogP contribution in [0, 0.1) is 6.92 Å². The number of anilines is 1. The number of carbonyl (C=O) groups is 1. The molecule has 2 heterocycles. The molecule has 0 radical (unpaired) electrons. The van der Waals surface area contributed by atoms with Crippen molar-refractivity contribution in [3.8, 4) is 5.75 Å². The lowest BCUT2D eigenvalue weighted by molar-refractivity contribution is -0.120. The fraction of sp³-hybridized carbons (Fsp3) is 0.292. The molecule has 0 saturated carbocycles. The zero-order chi connectivity index (χ0) is 21.6. The highest BCUT2D eigenvalue weighted by molar-refractivity contribution is 7.22. The molecule has 4 aromatic rings. The summed E-state index contributed by atoms with van der Waals surface area (Å²) in [5.41, 5.74) is 3.28. The molecule has 0 saturated heterocycles. The Kier molecular flexibility index (Phi) is 8.25. The predicted octanol–water partition coefficient (Wildman–Crippen LogP) is 5.29. The van der Waals surface area contributed by atoms with Gasteiger partial charge in [-0.1, -0.05) is 42.5 Å². The van der Waals surface area contributed by atoms with Crippen molar-refractivity contribution in [1.82, 2.24) is 14.5 Å². The molecular weight excluding hydrogens is 444 g/mol. The second kappa shape index (κ2) is 11.1. The molecule has 4 rings (SSSR count). The lowest BCUT2D eigenvalue weighted by Gasteiger charge is -2.20. The summed E-state index contributed by atoms with van der Waals surface area (Å²) in [5.74, 6) is 0.605. The third kappa shape index (κ3) is 5.66. The Labute approximate surface area is 198 Å². The number of thiazole rings is 1. The molecule has 8 heteroatoms. The fourth-order valence-electron chi connectivity index (χ4n) is 3.48. The highest BCUT2D eigenvalue weighted by Gasteiger charge is 2.21. The summed E-state index contributed by atoms with van der Waals surface area (Å²) < 4.78 is 8.90. The van der Waals surface area contributed by atoms with E-state index in [4.69, 9.17) is 9.72 Å². The van der Waals surface area contributed by atoms with Gasteiger partial charge >= 0.3 is 0 Å². The van der Waals surface area contributed by atoms with Crippen molar-refractivity contribution in [3.05, 3.63) is 72.3 Å². The molecule has 32 heavy (non-hydrogen) atoms. The lowest BCUT2D eigenvalue weighted by Crippen LogP contribution is -2.36. The van der Waals surface area contributed by atoms with Gasteiger partial charge in [0, 0.05) is 25.5 Å². The van der Waals surface area contributed by atoms with E-state index < -0.39 is 0 Å². The van der Waals surface area contributed by atoms with Crippen molar-refractivity contribution in [2.45, 2.75) is 33.2 Å². The number of rotatable bonds is 9. The van der Waals surface area contributed by atoms with Crippen LogP contribution in [-0.4, -0.2) is 33.6 Å². The highest BCUT2D eigenvalue weighted by atomic mass is 35.5. The number of nitrogens with zero attached hydrogens (tertiary/aromatic N) is 4. The van der Waals surface area contributed by atoms with E-state index >= 15 is 0 Å². The van der Waals surface area contributed by atoms with Gasteiger partial charge in [0.15, 0.2) is 11.7 Å². The Hall–Kier alpha value is -2.90. The van der Waals surface area contributed by atoms with Crippen LogP contribution in [0.5, 0.6) is 5.75 Å². The first-order chi connectivity index (χ1) is 15.1. The van der Waals surface area contributed by atoms with Crippen LogP contribution >= 0.6 is 23.7 Å². The van der Waals surface area contributed by atoms with E-state index in [-0.39, 0.29) is 24.9 Å². The maximum absolute atomic E-state index is 13.2. The number of hydrogen-bond acceptors (Lipinski definition) is 5. The van der Waals surface area contributed by atoms with Gasteiger partial charge in [0.25, 0.3) is 5.91 Å². The number of aryl methyl sites for hydroxylation is 3. The summed E-state index contributed by atoms with van der Waals surface area (Å²) in [6, 6.07) is 13.9. The van der Waals surface area contributed by atoms with Gasteiger partial charge in [-0.2, -0.15) is 0 Å². The summed E-state index contributed by atoms with van der Waals surface area (Å²) in [6.45, 7) is 5.45. The molecule has 2 aromatic carbocycles. The number of hydrogen-bond donors (Lipinski definition) is 0. The van der Waals surface area contributed by atoms with Crippen molar-refractivity contribution < 1.29 is 9.53 Å². The number of ether oxygens (including phenoxy) is 1. The number of imidazole rings is 1. The minimum absolute atomic E-state index is 0. The highest BCUT2D eigenvalue weighted by Crippen LogP contribution is 2.31. The van der Waals surface area contributed by atoms with Gasteiger partial charge in [-0.05, 0) is 49.1 Å². The number of benzene rings is 2. The lowest BCUT2D eigenvalue weighted by atomic mass is 10.1. The van der Waals surface area contributed by atoms with Crippen molar-refractivity contribution >= 4 is 45.0 Å². The first-order valence-electron chi connectivity index (χ1n) is 10.5. The van der Waals surface area contributed by atoms with Crippen molar-refractivity contribution in [3.63, 3.8) is 0 Å². The van der Waals surface area contributed by atoms with E-state index in [0.29, 0.717) is 12.3 Å². The summed E-state index contributed by atoms with van der Waals surface area (Å²) in [5, 5.41) is 0.722. The van der Waals surface area contributed by atoms with E-state index in [1.807, 2.05) is 42.0 Å². The standard InChI is InChI=1S/C24H26N4O2S.ClH/c1-3-19-8-5-10-21-23(19)26-24(31-21)28(13-6-12-27-14-11-25-17-27)22(29)16-30-20-9-4-7-18(2)15-20;/h4-5,7-11,14-15,17H,3,6,12-13,16H2,1-2H3;1H. The summed E-state index contributed by atoms with van der Waals surface area (Å²) in [6.07, 6.45) is 7.18. The Bertz CT molecular complexity index is 1160. The Morgan fingerprint density at radius 2 is 2.06 bits per heavy atom. The normalized spacial score (nSPS) is 10.7. The number of amides is 1. The average molecular weight is 471 g/mol. The molecule has 0 aliphatic rings. The second-order valence-electron chi connectivity index (χ2n) is 7.42. The first kappa shape index (κ1) is 23.8. The van der Waals surface area contributed by atoms with Crippen LogP contribution in [-0.2, 0) is 17.8 Å². The number of fused-ring (bicyclic) bond motifs is 1. The van der Waals surface area contributed by atoms with E-state index in [1.54, 1.807) is 28.8 Å². The monoisotopic (exact) mass is 470 g/mol. The zero-order valence-electron chi connectivity index (χ0n) is 18.2. The Morgan fingerprint density at radius 1 is 1.22 bits per heavy atom. The molecule has 168 valence electrons. The Balaban J connectivity index is 0.00000289. The second-order valence-corrected chi connectivity index (χ2v) is 8.43. The minimum Gasteiger partial charge on any atom is -0.484 e. The van der Waals surface area contributed by atoms with Gasteiger partial charge in [-0.25, -0.2) is 9.97 Å². The SMILES string of the molecule is CCc1cccc2sc(N(CCCn3ccnc3)C(=O)COc3cccc(C)c3)nc12.Cl. The number of aromatic nitrogens is 3. The first-order valence-corrected chi connectivity index (χ1v) is 11.3. The van der Waals surface area contributed by atoms with Crippen LogP contribution < -0.4 is 9.64 Å². The number of halogens is 1. The zero-order valence-corrected chi connectivity index (χ0v) is 19.9. The molecule has 0 aliphatic carbocycles. The fourth-order valence-corrected chi connectivity index (χ4v) is 4.54. The minimum atomic E-state index is -0.0933. The Morgan fingerprint density at radius 3 is 2.81 bits per heavy atom. The van der Waals surface area contributed by atoms with Crippen LogP contribution in [0.3, 0.4) is 0 Å². The van der Waals surface area contributed by atoms with Crippen LogP contribution in [0.15, 0.2) is 61.2 Å². The van der Waals surface area contributed by atoms with Gasteiger partial charge in [0.1, 0.15) is 5.75 Å². The summed E-state index contributed by atoms with van der Waals surface area (Å²) in [7, 11) is 0. The van der Waals surface area contributed by atoms with Gasteiger partial charge in [-0.3, -0.25) is 9.69 Å². The summed E-state index contributed by atoms with van der Waals surface area (Å²) >= 11 is 1.55. The van der Waals surface area contributed by atoms with Gasteiger partial charge in [-0.15, -0.1) is 12.4 Å². The molecule has 0 fully saturated rings. The molecule has 0 aliphatic heterocycles. The van der Waals surface area contributed by atoms with Crippen molar-refractivity contribution in [2.75, 3.05) is 18.1 Å². The third-order valence-electron chi connectivity index (χ3n) is 5.11. The molecule has 0 N–H and O–H groups in total. The van der Waals surface area contributed by atoms with Gasteiger partial charge in [0.2, 0.25) is 0 Å². The van der Waals surface area contributed by atoms with Crippen molar-refractivity contribution in [1.29, 1.82) is 0 Å². The van der Waals surface area contributed by atoms with E-state index in [0.717, 1.165) is 40.3 Å². The summed E-state index contributed by atoms with van der Waals surface area (Å²) in [4.78, 5) is 23.9. The molecule has 0 unspecified atom stereocenters. The van der Waals surface area contributed by atoms with Crippen LogP contribution in [0.2, 0.25) is 0 Å². The number of para-hydroxylation sites is 1. The molecule has 0 spiro atoms. The average Bonchev–Trinajstić information content (AvgIpc) is 3.44. The van der Waals surface area contributed by atoms with Crippen LogP contribution in [0.1, 0.15) is 24.5 Å². The van der Waals surface area contributed by atoms with E-state index in [9.17, 15) is 4.79 Å². The smallest absolute Gasteiger partial charge is 0.266 e. The predicted molar refractivity (Wildman–Crippen MR) is 132 cm³/mol. The maximum Gasteiger partial charge on any atom is 0.266 e. The molecule has 0 bridgehead atoms. The van der Waals surface area contributed by atoms with Gasteiger partial charge in [0.05, 0.1) is 16.5 Å². The van der Waals surface area contributed by atoms with Crippen LogP contribution in [0.25, 0.3) is 10.2 Å².